The van der Waals surface area contributed by atoms with Crippen LogP contribution in [0.3, 0.4) is 0 Å². The molecule has 3 aromatic carbocycles. The Morgan fingerprint density at radius 2 is 0.846 bits per heavy atom. The molecule has 788 valence electrons. The van der Waals surface area contributed by atoms with E-state index in [0.29, 0.717) is 166 Å². The van der Waals surface area contributed by atoms with Crippen LogP contribution in [0.5, 0.6) is 0 Å². The van der Waals surface area contributed by atoms with E-state index < -0.39 is 45.3 Å². The van der Waals surface area contributed by atoms with Crippen LogP contribution >= 0.6 is 23.2 Å². The SMILES string of the molecule is CC(C)(C)c1cc(-c2ccc(F)c(Cl)c2)nn2cc(C(=O)N3CCN(C(=O)c4ccn[nH]4)CC3(C)C)nc12.CC(C)(C)c1cc(-c2ccc(F)cc2)nn2cc(C(=O)N3CCNC(=O)C34CCCC4)nc12.CC1(O)CC(C(=O)N2CCN(C(=O)c3cn4nc(-c5ccc(F)c(Cl)c5)cc(C(C)(C)C)c4n3)C(C)(C)C2)C1.Cc1nnc(C(=O)N2CCN(C(=O)c3cn4nc(C5CCC(F)(F)CC5)cc(C(C)(C)C)c4n3)C(C)(C)C2)o1. The first kappa shape index (κ1) is 107. The van der Waals surface area contributed by atoms with E-state index in [1.54, 1.807) is 116 Å². The number of benzene rings is 3. The van der Waals surface area contributed by atoms with Crippen LogP contribution in [-0.4, -0.2) is 271 Å². The number of aromatic nitrogens is 16. The van der Waals surface area contributed by atoms with Gasteiger partial charge < -0.3 is 49.1 Å². The lowest BCUT2D eigenvalue weighted by atomic mass is 9.71. The molecule has 3 aliphatic carbocycles. The summed E-state index contributed by atoms with van der Waals surface area (Å²) in [6.07, 6.45) is 12.7. The Morgan fingerprint density at radius 1 is 0.456 bits per heavy atom. The van der Waals surface area contributed by atoms with Gasteiger partial charge in [-0.3, -0.25) is 43.5 Å². The summed E-state index contributed by atoms with van der Waals surface area (Å²) in [5.41, 5.74) is 7.49. The van der Waals surface area contributed by atoms with E-state index in [4.69, 9.17) is 52.7 Å². The van der Waals surface area contributed by atoms with Crippen molar-refractivity contribution in [2.75, 3.05) is 72.0 Å². The molecule has 4 aliphatic heterocycles. The third-order valence-corrected chi connectivity index (χ3v) is 29.8. The van der Waals surface area contributed by atoms with Crippen molar-refractivity contribution in [1.29, 1.82) is 0 Å². The fourth-order valence-electron chi connectivity index (χ4n) is 21.2. The molecule has 0 atom stereocenters. The molecule has 1 spiro atoms. The molecule has 13 aromatic rings. The molecule has 8 amide bonds. The van der Waals surface area contributed by atoms with E-state index in [9.17, 15) is 65.4 Å². The highest BCUT2D eigenvalue weighted by Gasteiger charge is 2.53. The van der Waals surface area contributed by atoms with Gasteiger partial charge in [-0.05, 0) is 200 Å². The van der Waals surface area contributed by atoms with Crippen molar-refractivity contribution >= 4 is 93.0 Å². The highest BCUT2D eigenvalue weighted by atomic mass is 35.5. The fraction of sp³-hybridized carbons (Fsp3) is 0.491. The summed E-state index contributed by atoms with van der Waals surface area (Å²) >= 11 is 12.1. The maximum absolute atomic E-state index is 13.8. The van der Waals surface area contributed by atoms with Gasteiger partial charge in [-0.25, -0.2) is 59.9 Å². The molecule has 20 rings (SSSR count). The van der Waals surface area contributed by atoms with Crippen LogP contribution in [0.15, 0.2) is 126 Å². The number of hydrogen-bond acceptors (Lipinski definition) is 21. The van der Waals surface area contributed by atoms with Gasteiger partial charge in [0.15, 0.2) is 22.6 Å². The maximum Gasteiger partial charge on any atom is 0.311 e. The van der Waals surface area contributed by atoms with Crippen LogP contribution in [0.25, 0.3) is 56.4 Å². The molecule has 7 fully saturated rings. The van der Waals surface area contributed by atoms with Crippen LogP contribution in [0.1, 0.15) is 299 Å². The van der Waals surface area contributed by atoms with Crippen LogP contribution in [0.2, 0.25) is 10.0 Å². The number of H-pyrrole nitrogens is 1. The number of carbonyl (C=O) groups excluding carboxylic acids is 8. The number of fused-ring (bicyclic) bond motifs is 4. The largest absolute Gasteiger partial charge is 0.417 e. The van der Waals surface area contributed by atoms with E-state index in [2.05, 4.69) is 124 Å². The van der Waals surface area contributed by atoms with Crippen molar-refractivity contribution < 1.29 is 69.8 Å². The first-order valence-corrected chi connectivity index (χ1v) is 51.1. The van der Waals surface area contributed by atoms with Crippen molar-refractivity contribution in [3.05, 3.63) is 218 Å². The summed E-state index contributed by atoms with van der Waals surface area (Å²) in [5, 5.41) is 45.9. The molecule has 3 saturated carbocycles. The molecule has 41 heteroatoms. The average molecular weight is 2090 g/mol. The molecule has 10 aromatic heterocycles. The minimum atomic E-state index is -2.62. The zero-order valence-electron chi connectivity index (χ0n) is 87.7. The summed E-state index contributed by atoms with van der Waals surface area (Å²) in [5.74, 6) is -5.41. The van der Waals surface area contributed by atoms with Crippen molar-refractivity contribution in [2.24, 2.45) is 5.92 Å². The summed E-state index contributed by atoms with van der Waals surface area (Å²) in [4.78, 5) is 137. The highest BCUT2D eigenvalue weighted by Crippen LogP contribution is 2.46. The minimum Gasteiger partial charge on any atom is -0.417 e. The molecular formula is C108H127Cl2F5N24O10. The first-order chi connectivity index (χ1) is 69.7. The summed E-state index contributed by atoms with van der Waals surface area (Å²) < 4.78 is 80.3. The Labute approximate surface area is 869 Å². The van der Waals surface area contributed by atoms with E-state index >= 15 is 0 Å². The van der Waals surface area contributed by atoms with Crippen LogP contribution in [0.4, 0.5) is 22.0 Å². The van der Waals surface area contributed by atoms with E-state index in [1.807, 2.05) is 70.7 Å². The van der Waals surface area contributed by atoms with Gasteiger partial charge in [0.05, 0.1) is 79.8 Å². The molecule has 0 unspecified atom stereocenters. The lowest BCUT2D eigenvalue weighted by molar-refractivity contribution is -0.153. The highest BCUT2D eigenvalue weighted by molar-refractivity contribution is 6.31. The predicted octanol–water partition coefficient (Wildman–Crippen LogP) is 17.4. The molecule has 7 aliphatic rings. The number of nitrogens with one attached hydrogen (secondary N) is 2. The fourth-order valence-corrected chi connectivity index (χ4v) is 21.5. The van der Waals surface area contributed by atoms with Gasteiger partial charge in [0, 0.05) is 149 Å². The Morgan fingerprint density at radius 3 is 1.23 bits per heavy atom. The molecule has 0 bridgehead atoms. The molecule has 14 heterocycles. The van der Waals surface area contributed by atoms with Crippen molar-refractivity contribution in [3.63, 3.8) is 0 Å². The quantitative estimate of drug-likeness (QED) is 0.101. The van der Waals surface area contributed by atoms with Gasteiger partial charge in [0.2, 0.25) is 23.6 Å². The molecule has 34 nitrogen and oxygen atoms in total. The molecule has 0 radical (unpaired) electrons. The Kier molecular flexibility index (Phi) is 28.5. The zero-order valence-corrected chi connectivity index (χ0v) is 89.2. The number of piperazine rings is 4. The number of carbonyl (C=O) groups is 8. The monoisotopic (exact) mass is 2080 g/mol. The summed E-state index contributed by atoms with van der Waals surface area (Å²) in [6, 6.07) is 24.5. The van der Waals surface area contributed by atoms with Crippen molar-refractivity contribution in [3.8, 4) is 33.8 Å². The molecule has 149 heavy (non-hydrogen) atoms. The molecule has 4 saturated heterocycles. The predicted molar refractivity (Wildman–Crippen MR) is 549 cm³/mol. The zero-order chi connectivity index (χ0) is 108. The van der Waals surface area contributed by atoms with E-state index in [1.165, 1.54) is 42.6 Å². The number of aryl methyl sites for hydroxylation is 1. The van der Waals surface area contributed by atoms with Gasteiger partial charge >= 0.3 is 11.8 Å². The van der Waals surface area contributed by atoms with E-state index in [-0.39, 0.29) is 145 Å². The number of halogens is 7. The normalized spacial score (nSPS) is 19.3. The third kappa shape index (κ3) is 22.0. The van der Waals surface area contributed by atoms with Crippen LogP contribution < -0.4 is 5.32 Å². The molecular weight excluding hydrogens is 1960 g/mol. The van der Waals surface area contributed by atoms with Gasteiger partial charge in [-0.15, -0.1) is 10.2 Å². The number of aromatic amines is 1. The number of imidazole rings is 4. The minimum absolute atomic E-state index is 0.00980. The van der Waals surface area contributed by atoms with Crippen LogP contribution in [-0.2, 0) is 31.2 Å². The number of amides is 8. The number of nitrogens with zero attached hydrogens (tertiary/aromatic N) is 22. The van der Waals surface area contributed by atoms with Crippen molar-refractivity contribution in [2.45, 2.75) is 264 Å². The second-order valence-corrected chi connectivity index (χ2v) is 47.3. The molecule has 3 N–H and O–H groups in total. The first-order valence-electron chi connectivity index (χ1n) is 50.4. The summed E-state index contributed by atoms with van der Waals surface area (Å²) in [6.45, 7) is 43.8. The van der Waals surface area contributed by atoms with Gasteiger partial charge in [-0.1, -0.05) is 119 Å². The Hall–Kier alpha value is -13.6. The van der Waals surface area contributed by atoms with Crippen molar-refractivity contribution in [1.82, 2.24) is 118 Å². The third-order valence-electron chi connectivity index (χ3n) is 29.3. The topological polar surface area (TPSA) is 380 Å². The second-order valence-electron chi connectivity index (χ2n) is 46.5. The second kappa shape index (κ2) is 39.7. The smallest absolute Gasteiger partial charge is 0.311 e. The van der Waals surface area contributed by atoms with Crippen LogP contribution in [0, 0.1) is 30.3 Å². The standard InChI is InChI=1S/C29H35ClFN5O3.C27H29ClFN7O2.C27H35F2N7O3.C25H28FN5O2/c1-27(2,3)19-12-22(17-7-8-21(31)20(30)11-17)33-36-15-23(32-24(19)36)26(38)35-10-9-34(16-28(35,4)5)25(37)18-13-29(6,39)14-18;1-26(2,3)17-13-21(16-6-7-19(29)18(28)12-16)33-36-14-22(31-23(17)36)25(38)35-11-10-34(15-27(35,4)5)24(37)20-8-9-30-32-20;1-16-31-32-22(39-16)24(38)34-11-12-35(26(5,6)15-34)23(37)20-14-36-21(30-20)18(25(2,3)4)13-19(33-36)17-7-9-27(28,29)10-8-17;1-24(2,3)18-14-19(16-6-8-17(26)9-7-16)29-31-15-20(28-21(18)31)22(32)30-13-12-27-23(33)25(30)10-4-5-11-25/h7-8,11-12,15,18,39H,9-10,13-14,16H2,1-6H3;6-9,12-14H,10-11,15H2,1-5H3,(H,30,32);13-14,17H,7-12,15H2,1-6H3;6-9,14-15H,4-5,10-13H2,1-3H3,(H,27,33). The lowest BCUT2D eigenvalue weighted by Gasteiger charge is -2.49. The Bertz CT molecular complexity index is 7380. The number of hydrogen-bond donors (Lipinski definition) is 3. The van der Waals surface area contributed by atoms with Gasteiger partial charge in [0.1, 0.15) is 51.5 Å². The average Bonchev–Trinajstić information content (AvgIpc) is 1.61. The van der Waals surface area contributed by atoms with Gasteiger partial charge in [-0.2, -0.15) is 25.5 Å². The van der Waals surface area contributed by atoms with E-state index in [0.717, 1.165) is 46.4 Å². The summed E-state index contributed by atoms with van der Waals surface area (Å²) in [7, 11) is 0. The maximum atomic E-state index is 13.8. The Balaban J connectivity index is 0.000000136. The lowest BCUT2D eigenvalue weighted by Crippen LogP contribution is -2.65. The van der Waals surface area contributed by atoms with Gasteiger partial charge in [0.25, 0.3) is 29.5 Å². The number of alkyl halides is 2. The number of aliphatic hydroxyl groups is 1. The number of rotatable bonds is 11.